The van der Waals surface area contributed by atoms with E-state index in [-0.39, 0.29) is 24.4 Å². The van der Waals surface area contributed by atoms with Crippen LogP contribution in [-0.4, -0.2) is 37.6 Å². The Kier molecular flexibility index (Phi) is 5.03. The molecule has 0 radical (unpaired) electrons. The maximum atomic E-state index is 5.86. The monoisotopic (exact) mass is 216 g/mol. The van der Waals surface area contributed by atoms with E-state index in [0.717, 1.165) is 6.61 Å². The van der Waals surface area contributed by atoms with Gasteiger partial charge in [0.25, 0.3) is 0 Å². The zero-order chi connectivity index (χ0) is 11.4. The second-order valence-electron chi connectivity index (χ2n) is 4.88. The van der Waals surface area contributed by atoms with Crippen LogP contribution in [0.4, 0.5) is 0 Å². The van der Waals surface area contributed by atoms with E-state index in [1.807, 2.05) is 13.8 Å². The van der Waals surface area contributed by atoms with Crippen LogP contribution < -0.4 is 0 Å². The lowest BCUT2D eigenvalue weighted by Gasteiger charge is -2.24. The molecule has 1 fully saturated rings. The highest BCUT2D eigenvalue weighted by Gasteiger charge is 2.36. The normalized spacial score (nSPS) is 31.8. The Morgan fingerprint density at radius 3 is 2.40 bits per heavy atom. The van der Waals surface area contributed by atoms with Gasteiger partial charge in [-0.15, -0.1) is 0 Å². The number of hydrogen-bond donors (Lipinski definition) is 0. The van der Waals surface area contributed by atoms with Gasteiger partial charge in [-0.1, -0.05) is 6.92 Å². The first-order valence-electron chi connectivity index (χ1n) is 5.89. The van der Waals surface area contributed by atoms with Crippen molar-refractivity contribution in [1.29, 1.82) is 0 Å². The summed E-state index contributed by atoms with van der Waals surface area (Å²) in [6.07, 6.45) is 0.790. The topological polar surface area (TPSA) is 27.7 Å². The molecular formula is C12H24O3. The van der Waals surface area contributed by atoms with E-state index in [2.05, 4.69) is 20.8 Å². The molecule has 0 spiro atoms. The maximum Gasteiger partial charge on any atom is 0.107 e. The van der Waals surface area contributed by atoms with Crippen molar-refractivity contribution >= 4 is 0 Å². The van der Waals surface area contributed by atoms with E-state index in [4.69, 9.17) is 14.2 Å². The molecule has 1 saturated heterocycles. The largest absolute Gasteiger partial charge is 0.376 e. The molecule has 15 heavy (non-hydrogen) atoms. The van der Waals surface area contributed by atoms with Gasteiger partial charge in [-0.2, -0.15) is 0 Å². The third-order valence-electron chi connectivity index (χ3n) is 2.52. The molecule has 0 N–H and O–H groups in total. The molecule has 0 saturated carbocycles. The number of ether oxygens (including phenoxy) is 3. The van der Waals surface area contributed by atoms with Gasteiger partial charge in [-0.3, -0.25) is 0 Å². The van der Waals surface area contributed by atoms with Gasteiger partial charge in [0, 0.05) is 5.92 Å². The van der Waals surface area contributed by atoms with Crippen molar-refractivity contribution < 1.29 is 14.2 Å². The van der Waals surface area contributed by atoms with Crippen molar-refractivity contribution in [3.63, 3.8) is 0 Å². The molecule has 3 nitrogen and oxygen atoms in total. The Morgan fingerprint density at radius 2 is 1.87 bits per heavy atom. The minimum atomic E-state index is 0.102. The van der Waals surface area contributed by atoms with E-state index in [1.54, 1.807) is 0 Å². The second-order valence-corrected chi connectivity index (χ2v) is 4.88. The van der Waals surface area contributed by atoms with Crippen LogP contribution in [0.15, 0.2) is 0 Å². The summed E-state index contributed by atoms with van der Waals surface area (Å²) >= 11 is 0. The SMILES string of the molecule is CC(C)OC[C@H]1OCC(C)[C@H]1OC(C)C. The predicted octanol–water partition coefficient (Wildman–Crippen LogP) is 2.24. The van der Waals surface area contributed by atoms with Crippen LogP contribution in [0.2, 0.25) is 0 Å². The Hall–Kier alpha value is -0.120. The van der Waals surface area contributed by atoms with Gasteiger partial charge < -0.3 is 14.2 Å². The first kappa shape index (κ1) is 12.9. The van der Waals surface area contributed by atoms with Crippen LogP contribution in [-0.2, 0) is 14.2 Å². The van der Waals surface area contributed by atoms with Gasteiger partial charge in [0.2, 0.25) is 0 Å². The summed E-state index contributed by atoms with van der Waals surface area (Å²) in [6.45, 7) is 11.8. The number of hydrogen-bond acceptors (Lipinski definition) is 3. The minimum Gasteiger partial charge on any atom is -0.376 e. The van der Waals surface area contributed by atoms with Crippen molar-refractivity contribution in [1.82, 2.24) is 0 Å². The Bertz CT molecular complexity index is 180. The zero-order valence-corrected chi connectivity index (χ0v) is 10.5. The average molecular weight is 216 g/mol. The fraction of sp³-hybridized carbons (Fsp3) is 1.00. The van der Waals surface area contributed by atoms with Crippen LogP contribution in [0.1, 0.15) is 34.6 Å². The molecule has 0 aromatic carbocycles. The molecular weight excluding hydrogens is 192 g/mol. The molecule has 1 heterocycles. The molecule has 0 aromatic heterocycles. The minimum absolute atomic E-state index is 0.102. The Balaban J connectivity index is 2.41. The smallest absolute Gasteiger partial charge is 0.107 e. The third kappa shape index (κ3) is 4.09. The highest BCUT2D eigenvalue weighted by atomic mass is 16.6. The van der Waals surface area contributed by atoms with Crippen LogP contribution >= 0.6 is 0 Å². The van der Waals surface area contributed by atoms with E-state index in [9.17, 15) is 0 Å². The summed E-state index contributed by atoms with van der Waals surface area (Å²) < 4.78 is 17.1. The predicted molar refractivity (Wildman–Crippen MR) is 60.0 cm³/mol. The maximum absolute atomic E-state index is 5.86. The van der Waals surface area contributed by atoms with E-state index in [1.165, 1.54) is 0 Å². The zero-order valence-electron chi connectivity index (χ0n) is 10.5. The van der Waals surface area contributed by atoms with Crippen LogP contribution in [0.25, 0.3) is 0 Å². The van der Waals surface area contributed by atoms with Crippen molar-refractivity contribution in [3.8, 4) is 0 Å². The van der Waals surface area contributed by atoms with Crippen LogP contribution in [0, 0.1) is 5.92 Å². The lowest BCUT2D eigenvalue weighted by Crippen LogP contribution is -2.35. The second kappa shape index (κ2) is 5.83. The van der Waals surface area contributed by atoms with Crippen molar-refractivity contribution in [2.75, 3.05) is 13.2 Å². The Morgan fingerprint density at radius 1 is 1.20 bits per heavy atom. The fourth-order valence-electron chi connectivity index (χ4n) is 1.80. The van der Waals surface area contributed by atoms with E-state index in [0.29, 0.717) is 12.5 Å². The van der Waals surface area contributed by atoms with Crippen molar-refractivity contribution in [2.24, 2.45) is 5.92 Å². The fourth-order valence-corrected chi connectivity index (χ4v) is 1.80. The molecule has 1 aliphatic heterocycles. The van der Waals surface area contributed by atoms with E-state index >= 15 is 0 Å². The van der Waals surface area contributed by atoms with Gasteiger partial charge in [0.15, 0.2) is 0 Å². The molecule has 1 rings (SSSR count). The summed E-state index contributed by atoms with van der Waals surface area (Å²) in [6, 6.07) is 0. The number of rotatable bonds is 5. The van der Waals surface area contributed by atoms with Crippen LogP contribution in [0.3, 0.4) is 0 Å². The van der Waals surface area contributed by atoms with Gasteiger partial charge in [-0.25, -0.2) is 0 Å². The summed E-state index contributed by atoms with van der Waals surface area (Å²) in [7, 11) is 0. The van der Waals surface area contributed by atoms with Gasteiger partial charge in [-0.05, 0) is 27.7 Å². The van der Waals surface area contributed by atoms with Gasteiger partial charge in [0.1, 0.15) is 6.10 Å². The first-order valence-corrected chi connectivity index (χ1v) is 5.89. The lowest BCUT2D eigenvalue weighted by atomic mass is 10.0. The quantitative estimate of drug-likeness (QED) is 0.705. The molecule has 0 amide bonds. The molecule has 1 unspecified atom stereocenters. The molecule has 0 aliphatic carbocycles. The van der Waals surface area contributed by atoms with E-state index < -0.39 is 0 Å². The van der Waals surface area contributed by atoms with Crippen LogP contribution in [0.5, 0.6) is 0 Å². The molecule has 0 bridgehead atoms. The highest BCUT2D eigenvalue weighted by molar-refractivity contribution is 4.83. The lowest BCUT2D eigenvalue weighted by molar-refractivity contribution is -0.0828. The van der Waals surface area contributed by atoms with Gasteiger partial charge >= 0.3 is 0 Å². The van der Waals surface area contributed by atoms with Crippen molar-refractivity contribution in [3.05, 3.63) is 0 Å². The Labute approximate surface area is 93.1 Å². The molecule has 0 aromatic rings. The average Bonchev–Trinajstić information content (AvgIpc) is 2.44. The summed E-state index contributed by atoms with van der Waals surface area (Å²) in [5, 5.41) is 0. The molecule has 3 heteroatoms. The van der Waals surface area contributed by atoms with Gasteiger partial charge in [0.05, 0.1) is 31.5 Å². The highest BCUT2D eigenvalue weighted by Crippen LogP contribution is 2.24. The summed E-state index contributed by atoms with van der Waals surface area (Å²) in [5.41, 5.74) is 0. The molecule has 90 valence electrons. The molecule has 1 aliphatic rings. The summed E-state index contributed by atoms with van der Waals surface area (Å²) in [4.78, 5) is 0. The standard InChI is InChI=1S/C12H24O3/c1-8(2)13-7-11-12(15-9(3)4)10(5)6-14-11/h8-12H,6-7H2,1-5H3/t10?,11-,12-/m1/s1. The molecule has 3 atom stereocenters. The summed E-state index contributed by atoms with van der Waals surface area (Å²) in [5.74, 6) is 0.466. The first-order chi connectivity index (χ1) is 7.00. The van der Waals surface area contributed by atoms with Crippen molar-refractivity contribution in [2.45, 2.75) is 59.0 Å². The third-order valence-corrected chi connectivity index (χ3v) is 2.52.